The van der Waals surface area contributed by atoms with E-state index in [9.17, 15) is 4.79 Å². The second kappa shape index (κ2) is 4.66. The second-order valence-corrected chi connectivity index (χ2v) is 6.42. The normalized spacial score (nSPS) is 24.7. The summed E-state index contributed by atoms with van der Waals surface area (Å²) in [4.78, 5) is 11.6. The second-order valence-electron chi connectivity index (χ2n) is 6.42. The summed E-state index contributed by atoms with van der Waals surface area (Å²) >= 11 is 0. The Bertz CT molecular complexity index is 326. The van der Waals surface area contributed by atoms with Crippen molar-refractivity contribution < 1.29 is 14.8 Å². The third kappa shape index (κ3) is 3.44. The fourth-order valence-electron chi connectivity index (χ4n) is 3.31. The first-order valence-electron chi connectivity index (χ1n) is 6.05. The van der Waals surface area contributed by atoms with E-state index in [1.165, 1.54) is 7.11 Å². The highest BCUT2D eigenvalue weighted by atomic mass is 16.5. The molecule has 17 heavy (non-hydrogen) atoms. The predicted octanol–water partition coefficient (Wildman–Crippen LogP) is 0.830. The lowest BCUT2D eigenvalue weighted by Gasteiger charge is -2.43. The molecule has 4 heteroatoms. The SMILES string of the molecule is COC(=O)[C@H](C#N)C1CC(C)(C)[NH2+]C(C)(C)C1. The summed E-state index contributed by atoms with van der Waals surface area (Å²) in [7, 11) is 1.35. The maximum atomic E-state index is 11.6. The zero-order valence-corrected chi connectivity index (χ0v) is 11.4. The number of hydrogen-bond donors (Lipinski definition) is 1. The molecule has 0 aliphatic carbocycles. The molecule has 4 nitrogen and oxygen atoms in total. The Kier molecular flexibility index (Phi) is 3.83. The van der Waals surface area contributed by atoms with E-state index in [0.717, 1.165) is 12.8 Å². The molecule has 1 fully saturated rings. The van der Waals surface area contributed by atoms with Gasteiger partial charge >= 0.3 is 5.97 Å². The molecule has 1 rings (SSSR count). The van der Waals surface area contributed by atoms with Crippen LogP contribution in [0.1, 0.15) is 40.5 Å². The fourth-order valence-corrected chi connectivity index (χ4v) is 3.31. The topological polar surface area (TPSA) is 66.7 Å². The van der Waals surface area contributed by atoms with Crippen LogP contribution in [-0.4, -0.2) is 24.2 Å². The number of nitrogens with zero attached hydrogens (tertiary/aromatic N) is 1. The van der Waals surface area contributed by atoms with Gasteiger partial charge in [0.2, 0.25) is 0 Å². The van der Waals surface area contributed by atoms with E-state index in [-0.39, 0.29) is 17.0 Å². The molecule has 1 atom stereocenters. The van der Waals surface area contributed by atoms with Gasteiger partial charge in [-0.2, -0.15) is 5.26 Å². The summed E-state index contributed by atoms with van der Waals surface area (Å²) in [5, 5.41) is 11.5. The molecule has 0 bridgehead atoms. The molecule has 0 saturated carbocycles. The highest BCUT2D eigenvalue weighted by Crippen LogP contribution is 2.32. The van der Waals surface area contributed by atoms with Crippen LogP contribution in [0.25, 0.3) is 0 Å². The number of rotatable bonds is 2. The standard InChI is InChI=1S/C13H22N2O2/c1-12(2)6-9(7-13(3,4)15-12)10(8-14)11(16)17-5/h9-10,15H,6-7H2,1-5H3/p+1/t10-/m1/s1. The Balaban J connectivity index is 2.90. The number of quaternary nitrogens is 1. The molecule has 0 aromatic rings. The molecule has 2 N–H and O–H groups in total. The summed E-state index contributed by atoms with van der Waals surface area (Å²) in [5.74, 6) is -0.944. The first-order valence-corrected chi connectivity index (χ1v) is 6.05. The van der Waals surface area contributed by atoms with Gasteiger partial charge in [-0.3, -0.25) is 4.79 Å². The van der Waals surface area contributed by atoms with E-state index in [2.05, 4.69) is 39.1 Å². The van der Waals surface area contributed by atoms with Crippen LogP contribution in [0.4, 0.5) is 0 Å². The Hall–Kier alpha value is -1.08. The number of nitrogens with two attached hydrogens (primary N) is 1. The zero-order valence-electron chi connectivity index (χ0n) is 11.4. The Morgan fingerprint density at radius 3 is 2.18 bits per heavy atom. The first kappa shape index (κ1) is 14.0. The molecule has 0 radical (unpaired) electrons. The fraction of sp³-hybridized carbons (Fsp3) is 0.846. The van der Waals surface area contributed by atoms with Crippen molar-refractivity contribution in [2.24, 2.45) is 11.8 Å². The van der Waals surface area contributed by atoms with Crippen LogP contribution in [0.3, 0.4) is 0 Å². The van der Waals surface area contributed by atoms with Gasteiger partial charge in [-0.25, -0.2) is 0 Å². The van der Waals surface area contributed by atoms with Gasteiger partial charge in [0.25, 0.3) is 0 Å². The third-order valence-electron chi connectivity index (χ3n) is 3.42. The number of nitriles is 1. The molecule has 0 aromatic heterocycles. The van der Waals surface area contributed by atoms with Crippen LogP contribution in [0, 0.1) is 23.2 Å². The van der Waals surface area contributed by atoms with Crippen LogP contribution < -0.4 is 5.32 Å². The van der Waals surface area contributed by atoms with Crippen molar-refractivity contribution in [3.05, 3.63) is 0 Å². The van der Waals surface area contributed by atoms with Gasteiger partial charge in [0, 0.05) is 12.8 Å². The quantitative estimate of drug-likeness (QED) is 0.726. The predicted molar refractivity (Wildman–Crippen MR) is 63.9 cm³/mol. The monoisotopic (exact) mass is 239 g/mol. The van der Waals surface area contributed by atoms with Gasteiger partial charge < -0.3 is 10.1 Å². The van der Waals surface area contributed by atoms with Crippen molar-refractivity contribution in [2.45, 2.75) is 51.6 Å². The lowest BCUT2D eigenvalue weighted by atomic mass is 9.71. The number of carbonyl (C=O) groups excluding carboxylic acids is 1. The molecular weight excluding hydrogens is 216 g/mol. The van der Waals surface area contributed by atoms with Crippen LogP contribution >= 0.6 is 0 Å². The van der Waals surface area contributed by atoms with Crippen LogP contribution in [0.5, 0.6) is 0 Å². The average Bonchev–Trinajstić information content (AvgIpc) is 2.13. The largest absolute Gasteiger partial charge is 0.468 e. The summed E-state index contributed by atoms with van der Waals surface area (Å²) < 4.78 is 4.72. The molecule has 96 valence electrons. The molecule has 1 saturated heterocycles. The number of ether oxygens (including phenoxy) is 1. The van der Waals surface area contributed by atoms with Crippen molar-refractivity contribution in [3.8, 4) is 6.07 Å². The van der Waals surface area contributed by atoms with Crippen LogP contribution in [0.2, 0.25) is 0 Å². The van der Waals surface area contributed by atoms with Crippen LogP contribution in [-0.2, 0) is 9.53 Å². The Labute approximate surface area is 103 Å². The average molecular weight is 239 g/mol. The van der Waals surface area contributed by atoms with E-state index in [4.69, 9.17) is 10.00 Å². The highest BCUT2D eigenvalue weighted by Gasteiger charge is 2.46. The molecule has 1 aliphatic rings. The van der Waals surface area contributed by atoms with E-state index in [1.807, 2.05) is 0 Å². The van der Waals surface area contributed by atoms with E-state index in [1.54, 1.807) is 0 Å². The number of carbonyl (C=O) groups is 1. The minimum absolute atomic E-state index is 0.0650. The highest BCUT2D eigenvalue weighted by molar-refractivity contribution is 5.75. The van der Waals surface area contributed by atoms with Crippen molar-refractivity contribution >= 4 is 5.97 Å². The molecule has 0 amide bonds. The van der Waals surface area contributed by atoms with Gasteiger partial charge in [-0.1, -0.05) is 0 Å². The molecule has 1 heterocycles. The van der Waals surface area contributed by atoms with Crippen molar-refractivity contribution in [3.63, 3.8) is 0 Å². The third-order valence-corrected chi connectivity index (χ3v) is 3.42. The van der Waals surface area contributed by atoms with E-state index >= 15 is 0 Å². The van der Waals surface area contributed by atoms with Crippen molar-refractivity contribution in [1.82, 2.24) is 0 Å². The van der Waals surface area contributed by atoms with Gasteiger partial charge in [-0.15, -0.1) is 0 Å². The van der Waals surface area contributed by atoms with Gasteiger partial charge in [-0.05, 0) is 33.6 Å². The summed E-state index contributed by atoms with van der Waals surface area (Å²) in [5.41, 5.74) is 0.130. The lowest BCUT2D eigenvalue weighted by Crippen LogP contribution is -3.05. The number of piperidine rings is 1. The van der Waals surface area contributed by atoms with Gasteiger partial charge in [0.15, 0.2) is 0 Å². The first-order chi connectivity index (χ1) is 7.71. The van der Waals surface area contributed by atoms with E-state index < -0.39 is 11.9 Å². The molecule has 0 aromatic carbocycles. The summed E-state index contributed by atoms with van der Waals surface area (Å²) in [6, 6.07) is 2.11. The lowest BCUT2D eigenvalue weighted by molar-refractivity contribution is -0.790. The maximum Gasteiger partial charge on any atom is 0.323 e. The van der Waals surface area contributed by atoms with E-state index in [0.29, 0.717) is 0 Å². The molecular formula is C13H23N2O2+. The molecule has 0 spiro atoms. The summed E-state index contributed by atoms with van der Waals surface area (Å²) in [6.45, 7) is 8.64. The van der Waals surface area contributed by atoms with Gasteiger partial charge in [0.1, 0.15) is 5.92 Å². The molecule has 0 unspecified atom stereocenters. The van der Waals surface area contributed by atoms with Crippen molar-refractivity contribution in [2.75, 3.05) is 7.11 Å². The molecule has 1 aliphatic heterocycles. The Morgan fingerprint density at radius 2 is 1.82 bits per heavy atom. The minimum Gasteiger partial charge on any atom is -0.468 e. The smallest absolute Gasteiger partial charge is 0.323 e. The number of hydrogen-bond acceptors (Lipinski definition) is 3. The minimum atomic E-state index is -0.632. The van der Waals surface area contributed by atoms with Gasteiger partial charge in [0.05, 0.1) is 24.3 Å². The zero-order chi connectivity index (χ0) is 13.3. The van der Waals surface area contributed by atoms with Crippen molar-refractivity contribution in [1.29, 1.82) is 5.26 Å². The Morgan fingerprint density at radius 1 is 1.35 bits per heavy atom. The van der Waals surface area contributed by atoms with Crippen LogP contribution in [0.15, 0.2) is 0 Å². The maximum absolute atomic E-state index is 11.6. The number of methoxy groups -OCH3 is 1. The summed E-state index contributed by atoms with van der Waals surface area (Å²) in [6.07, 6.45) is 1.73. The number of esters is 1.